The lowest BCUT2D eigenvalue weighted by Crippen LogP contribution is -2.49. The van der Waals surface area contributed by atoms with E-state index in [9.17, 15) is 14.7 Å². The number of phenolic OH excluding ortho intramolecular Hbond substituents is 1. The number of hydrogen-bond acceptors (Lipinski definition) is 6. The van der Waals surface area contributed by atoms with E-state index in [-0.39, 0.29) is 16.5 Å². The van der Waals surface area contributed by atoms with E-state index in [0.717, 1.165) is 42.7 Å². The van der Waals surface area contributed by atoms with Gasteiger partial charge < -0.3 is 20.7 Å². The number of carbonyl (C=O) groups is 1. The number of benzene rings is 2. The highest BCUT2D eigenvalue weighted by Crippen LogP contribution is 2.30. The minimum Gasteiger partial charge on any atom is -0.506 e. The number of primary amides is 1. The van der Waals surface area contributed by atoms with Crippen molar-refractivity contribution in [2.75, 3.05) is 26.2 Å². The summed E-state index contributed by atoms with van der Waals surface area (Å²) in [6.45, 7) is 5.62. The molecule has 0 radical (unpaired) electrons. The zero-order chi connectivity index (χ0) is 26.2. The molecule has 1 fully saturated rings. The van der Waals surface area contributed by atoms with Crippen molar-refractivity contribution in [1.29, 1.82) is 0 Å². The first kappa shape index (κ1) is 27.4. The second-order valence-corrected chi connectivity index (χ2v) is 11.3. The molecule has 1 amide bonds. The minimum absolute atomic E-state index is 0.123. The number of aromatic hydroxyl groups is 1. The maximum Gasteiger partial charge on any atom is 0.305 e. The van der Waals surface area contributed by atoms with Crippen LogP contribution in [0.4, 0.5) is 0 Å². The molecule has 3 aromatic rings. The molecule has 200 valence electrons. The van der Waals surface area contributed by atoms with Gasteiger partial charge in [0.2, 0.25) is 5.91 Å². The van der Waals surface area contributed by atoms with E-state index in [0.29, 0.717) is 30.6 Å². The van der Waals surface area contributed by atoms with Gasteiger partial charge in [-0.3, -0.25) is 14.5 Å². The number of fused-ring (bicyclic) bond motifs is 1. The van der Waals surface area contributed by atoms with E-state index in [1.165, 1.54) is 49.0 Å². The van der Waals surface area contributed by atoms with Crippen molar-refractivity contribution in [1.82, 2.24) is 14.8 Å². The molecule has 0 saturated heterocycles. The van der Waals surface area contributed by atoms with Gasteiger partial charge in [-0.15, -0.1) is 0 Å². The summed E-state index contributed by atoms with van der Waals surface area (Å²) in [6.07, 6.45) is 8.35. The summed E-state index contributed by atoms with van der Waals surface area (Å²) in [5.74, 6) is -0.138. The van der Waals surface area contributed by atoms with E-state index in [2.05, 4.69) is 46.0 Å². The van der Waals surface area contributed by atoms with Gasteiger partial charge in [-0.05, 0) is 49.8 Å². The second kappa shape index (κ2) is 13.2. The van der Waals surface area contributed by atoms with Gasteiger partial charge in [0.05, 0.1) is 4.70 Å². The molecule has 0 aliphatic heterocycles. The fourth-order valence-electron chi connectivity index (χ4n) is 5.67. The van der Waals surface area contributed by atoms with Gasteiger partial charge >= 0.3 is 4.87 Å². The highest BCUT2D eigenvalue weighted by molar-refractivity contribution is 7.16. The number of aromatic nitrogens is 1. The fourth-order valence-corrected chi connectivity index (χ4v) is 6.57. The predicted molar refractivity (Wildman–Crippen MR) is 151 cm³/mol. The Morgan fingerprint density at radius 2 is 1.84 bits per heavy atom. The first-order chi connectivity index (χ1) is 17.9. The molecule has 1 aliphatic carbocycles. The lowest BCUT2D eigenvalue weighted by molar-refractivity contribution is -0.118. The number of nitrogens with zero attached hydrogens (tertiary/aromatic N) is 2. The van der Waals surface area contributed by atoms with Crippen LogP contribution in [-0.2, 0) is 17.6 Å². The molecule has 0 bridgehead atoms. The maximum atomic E-state index is 12.0. The lowest BCUT2D eigenvalue weighted by atomic mass is 9.92. The number of amides is 1. The fraction of sp³-hybridized carbons (Fsp3) is 0.517. The molecule has 37 heavy (non-hydrogen) atoms. The van der Waals surface area contributed by atoms with Crippen LogP contribution in [0.2, 0.25) is 0 Å². The van der Waals surface area contributed by atoms with E-state index in [1.54, 1.807) is 6.07 Å². The average molecular weight is 525 g/mol. The van der Waals surface area contributed by atoms with Gasteiger partial charge in [-0.2, -0.15) is 0 Å². The first-order valence-corrected chi connectivity index (χ1v) is 14.4. The summed E-state index contributed by atoms with van der Waals surface area (Å²) in [5, 5.41) is 10.2. The molecule has 1 aliphatic rings. The number of rotatable bonds is 13. The van der Waals surface area contributed by atoms with E-state index >= 15 is 0 Å². The molecule has 4 N–H and O–H groups in total. The highest BCUT2D eigenvalue weighted by Gasteiger charge is 2.27. The smallest absolute Gasteiger partial charge is 0.305 e. The Kier molecular flexibility index (Phi) is 9.77. The SMILES string of the molecule is CC(CN(CCC(N)=O)CCc1ccccc1)N(CCc1ccc(O)c2[nH]c(=O)sc12)C1CCCCC1. The molecule has 2 aromatic carbocycles. The van der Waals surface area contributed by atoms with Gasteiger partial charge in [0, 0.05) is 44.7 Å². The molecular weight excluding hydrogens is 484 g/mol. The normalized spacial score (nSPS) is 15.5. The summed E-state index contributed by atoms with van der Waals surface area (Å²) in [7, 11) is 0. The Hall–Kier alpha value is -2.68. The molecular formula is C29H40N4O3S. The molecule has 1 aromatic heterocycles. The lowest BCUT2D eigenvalue weighted by Gasteiger charge is -2.40. The zero-order valence-electron chi connectivity index (χ0n) is 21.8. The Morgan fingerprint density at radius 1 is 1.08 bits per heavy atom. The van der Waals surface area contributed by atoms with Crippen LogP contribution in [0.3, 0.4) is 0 Å². The monoisotopic (exact) mass is 524 g/mol. The highest BCUT2D eigenvalue weighted by atomic mass is 32.1. The van der Waals surface area contributed by atoms with Crippen molar-refractivity contribution in [3.63, 3.8) is 0 Å². The first-order valence-electron chi connectivity index (χ1n) is 13.5. The van der Waals surface area contributed by atoms with Crippen LogP contribution in [-0.4, -0.2) is 64.1 Å². The van der Waals surface area contributed by atoms with Crippen molar-refractivity contribution in [2.24, 2.45) is 5.73 Å². The number of thiazole rings is 1. The van der Waals surface area contributed by atoms with Gasteiger partial charge in [0.1, 0.15) is 11.3 Å². The van der Waals surface area contributed by atoms with E-state index in [4.69, 9.17) is 5.73 Å². The largest absolute Gasteiger partial charge is 0.506 e. The van der Waals surface area contributed by atoms with Crippen molar-refractivity contribution >= 4 is 27.5 Å². The number of H-pyrrole nitrogens is 1. The summed E-state index contributed by atoms with van der Waals surface area (Å²) >= 11 is 1.17. The third-order valence-electron chi connectivity index (χ3n) is 7.64. The third-order valence-corrected chi connectivity index (χ3v) is 8.60. The maximum absolute atomic E-state index is 12.0. The molecule has 1 saturated carbocycles. The molecule has 1 unspecified atom stereocenters. The predicted octanol–water partition coefficient (Wildman–Crippen LogP) is 4.28. The van der Waals surface area contributed by atoms with Gasteiger partial charge in [0.15, 0.2) is 0 Å². The number of nitrogens with one attached hydrogen (secondary N) is 1. The quantitative estimate of drug-likeness (QED) is 0.310. The summed E-state index contributed by atoms with van der Waals surface area (Å²) < 4.78 is 0.854. The Morgan fingerprint density at radius 3 is 2.57 bits per heavy atom. The van der Waals surface area contributed by atoms with Crippen LogP contribution in [0.25, 0.3) is 10.2 Å². The van der Waals surface area contributed by atoms with Crippen LogP contribution in [0, 0.1) is 0 Å². The van der Waals surface area contributed by atoms with Gasteiger partial charge in [-0.1, -0.05) is 67.0 Å². The summed E-state index contributed by atoms with van der Waals surface area (Å²) in [4.78, 5) is 31.2. The molecule has 1 heterocycles. The second-order valence-electron chi connectivity index (χ2n) is 10.3. The van der Waals surface area contributed by atoms with Crippen molar-refractivity contribution in [3.05, 3.63) is 63.3 Å². The molecule has 7 nitrogen and oxygen atoms in total. The van der Waals surface area contributed by atoms with Crippen molar-refractivity contribution in [3.8, 4) is 5.75 Å². The van der Waals surface area contributed by atoms with Crippen LogP contribution < -0.4 is 10.6 Å². The summed E-state index contributed by atoms with van der Waals surface area (Å²) in [5.41, 5.74) is 8.45. The molecule has 8 heteroatoms. The number of carbonyl (C=O) groups excluding carboxylic acids is 1. The summed E-state index contributed by atoms with van der Waals surface area (Å²) in [6, 6.07) is 14.9. The van der Waals surface area contributed by atoms with E-state index < -0.39 is 0 Å². The van der Waals surface area contributed by atoms with Gasteiger partial charge in [-0.25, -0.2) is 0 Å². The van der Waals surface area contributed by atoms with Crippen LogP contribution in [0.15, 0.2) is 47.3 Å². The topological polar surface area (TPSA) is 103 Å². The average Bonchev–Trinajstić information content (AvgIpc) is 3.30. The van der Waals surface area contributed by atoms with Crippen LogP contribution in [0.1, 0.15) is 56.6 Å². The number of phenols is 1. The van der Waals surface area contributed by atoms with Crippen LogP contribution >= 0.6 is 11.3 Å². The Bertz CT molecular complexity index is 1200. The number of hydrogen-bond donors (Lipinski definition) is 3. The van der Waals surface area contributed by atoms with Crippen molar-refractivity contribution in [2.45, 2.75) is 70.4 Å². The Labute approximate surface area is 223 Å². The number of nitrogens with two attached hydrogens (primary N) is 1. The molecule has 0 spiro atoms. The zero-order valence-corrected chi connectivity index (χ0v) is 22.6. The molecule has 1 atom stereocenters. The third kappa shape index (κ3) is 7.66. The van der Waals surface area contributed by atoms with Gasteiger partial charge in [0.25, 0.3) is 0 Å². The van der Waals surface area contributed by atoms with E-state index in [1.807, 2.05) is 12.1 Å². The van der Waals surface area contributed by atoms with Crippen molar-refractivity contribution < 1.29 is 9.90 Å². The number of aromatic amines is 1. The standard InChI is InChI=1S/C29H40N4O3S/c1-21(20-32(18-16-26(30)35)17-14-22-8-4-2-5-9-22)33(24-10-6-3-7-11-24)19-15-23-12-13-25(34)27-28(23)37-29(36)31-27/h2,4-5,8-9,12-13,21,24,34H,3,6-7,10-11,14-20H2,1H3,(H2,30,35)(H,31,36). The van der Waals surface area contributed by atoms with Crippen LogP contribution in [0.5, 0.6) is 5.75 Å². The Balaban J connectivity index is 1.48. The minimum atomic E-state index is -0.261. The molecule has 4 rings (SSSR count).